The van der Waals surface area contributed by atoms with Gasteiger partial charge in [0.05, 0.1) is 10.5 Å². The van der Waals surface area contributed by atoms with Gasteiger partial charge >= 0.3 is 5.97 Å². The fourth-order valence-corrected chi connectivity index (χ4v) is 3.24. The maximum absolute atomic E-state index is 13.4. The number of aromatic amines is 1. The first-order valence-electron chi connectivity index (χ1n) is 9.15. The topological polar surface area (TPSA) is 102 Å². The molecule has 1 N–H and O–H groups in total. The number of fused-ring (bicyclic) bond motifs is 1. The number of ether oxygens (including phenoxy) is 1. The van der Waals surface area contributed by atoms with Gasteiger partial charge < -0.3 is 9.72 Å². The van der Waals surface area contributed by atoms with Crippen molar-refractivity contribution in [1.82, 2.24) is 4.98 Å². The molecule has 1 atom stereocenters. The Hall–Kier alpha value is -4.26. The highest BCUT2D eigenvalue weighted by atomic mass is 16.6. The van der Waals surface area contributed by atoms with Crippen molar-refractivity contribution in [3.8, 4) is 0 Å². The molecule has 0 saturated carbocycles. The zero-order valence-corrected chi connectivity index (χ0v) is 15.6. The molecule has 7 heteroatoms. The third kappa shape index (κ3) is 3.68. The number of nitro benzene ring substituents is 1. The number of hydrogen-bond donors (Lipinski definition) is 1. The van der Waals surface area contributed by atoms with E-state index in [0.29, 0.717) is 11.1 Å². The van der Waals surface area contributed by atoms with Gasteiger partial charge in [-0.05, 0) is 12.1 Å². The Labute approximate surface area is 171 Å². The number of hydrogen-bond acceptors (Lipinski definition) is 5. The van der Waals surface area contributed by atoms with Crippen LogP contribution in [0.3, 0.4) is 0 Å². The molecule has 30 heavy (non-hydrogen) atoms. The van der Waals surface area contributed by atoms with Crippen molar-refractivity contribution in [2.75, 3.05) is 0 Å². The van der Waals surface area contributed by atoms with Crippen molar-refractivity contribution < 1.29 is 19.2 Å². The number of rotatable bonds is 6. The summed E-state index contributed by atoms with van der Waals surface area (Å²) in [6.07, 6.45) is 0.390. The second-order valence-corrected chi connectivity index (χ2v) is 6.62. The summed E-state index contributed by atoms with van der Waals surface area (Å²) in [6, 6.07) is 21.2. The molecule has 4 aromatic rings. The SMILES string of the molecule is O=C(OC(C(=O)c1c[nH]c2ccccc12)c1ccccc1)c1cccc([N+](=O)[O-])c1. The van der Waals surface area contributed by atoms with Crippen molar-refractivity contribution in [1.29, 1.82) is 0 Å². The summed E-state index contributed by atoms with van der Waals surface area (Å²) < 4.78 is 5.57. The van der Waals surface area contributed by atoms with Crippen molar-refractivity contribution >= 4 is 28.3 Å². The highest BCUT2D eigenvalue weighted by Gasteiger charge is 2.29. The fraction of sp³-hybridized carbons (Fsp3) is 0.0435. The molecule has 4 rings (SSSR count). The molecule has 7 nitrogen and oxygen atoms in total. The summed E-state index contributed by atoms with van der Waals surface area (Å²) in [4.78, 5) is 39.5. The molecule has 0 spiro atoms. The number of aromatic nitrogens is 1. The number of ketones is 1. The van der Waals surface area contributed by atoms with Gasteiger partial charge in [0.25, 0.3) is 5.69 Å². The van der Waals surface area contributed by atoms with Crippen molar-refractivity contribution in [2.24, 2.45) is 0 Å². The number of nitro groups is 1. The standard InChI is InChI=1S/C23H16N2O5/c26-21(19-14-24-20-12-5-4-11-18(19)20)22(15-7-2-1-3-8-15)30-23(27)16-9-6-10-17(13-16)25(28)29/h1-14,22,24H. The molecule has 1 unspecified atom stereocenters. The number of nitrogens with one attached hydrogen (secondary N) is 1. The van der Waals surface area contributed by atoms with E-state index in [2.05, 4.69) is 4.98 Å². The first kappa shape index (κ1) is 19.1. The predicted molar refractivity (Wildman–Crippen MR) is 110 cm³/mol. The maximum Gasteiger partial charge on any atom is 0.339 e. The molecule has 0 aliphatic rings. The van der Waals surface area contributed by atoms with Gasteiger partial charge in [-0.3, -0.25) is 14.9 Å². The van der Waals surface area contributed by atoms with Gasteiger partial charge in [-0.1, -0.05) is 54.6 Å². The summed E-state index contributed by atoms with van der Waals surface area (Å²) >= 11 is 0. The van der Waals surface area contributed by atoms with Crippen LogP contribution in [0.1, 0.15) is 32.4 Å². The van der Waals surface area contributed by atoms with Crippen LogP contribution in [0.15, 0.2) is 85.1 Å². The van der Waals surface area contributed by atoms with Crippen LogP contribution in [-0.4, -0.2) is 21.7 Å². The Kier molecular flexibility index (Phi) is 5.09. The summed E-state index contributed by atoms with van der Waals surface area (Å²) in [6.45, 7) is 0. The van der Waals surface area contributed by atoms with E-state index in [1.165, 1.54) is 18.2 Å². The number of Topliss-reactive ketones (excluding diaryl/α,β-unsaturated/α-hetero) is 1. The maximum atomic E-state index is 13.4. The summed E-state index contributed by atoms with van der Waals surface area (Å²) in [5.74, 6) is -1.21. The Bertz CT molecular complexity index is 1250. The van der Waals surface area contributed by atoms with Crippen LogP contribution in [-0.2, 0) is 4.74 Å². The van der Waals surface area contributed by atoms with Gasteiger partial charge in [0.2, 0.25) is 5.78 Å². The number of esters is 1. The predicted octanol–water partition coefficient (Wildman–Crippen LogP) is 4.86. The van der Waals surface area contributed by atoms with Gasteiger partial charge in [0, 0.05) is 40.4 Å². The lowest BCUT2D eigenvalue weighted by molar-refractivity contribution is -0.384. The fourth-order valence-electron chi connectivity index (χ4n) is 3.24. The van der Waals surface area contributed by atoms with E-state index in [9.17, 15) is 19.7 Å². The second-order valence-electron chi connectivity index (χ2n) is 6.62. The van der Waals surface area contributed by atoms with Gasteiger partial charge in [-0.25, -0.2) is 4.79 Å². The average molecular weight is 400 g/mol. The van der Waals surface area contributed by atoms with Gasteiger partial charge in [0.1, 0.15) is 0 Å². The van der Waals surface area contributed by atoms with Gasteiger partial charge in [-0.15, -0.1) is 0 Å². The minimum atomic E-state index is -1.20. The summed E-state index contributed by atoms with van der Waals surface area (Å²) in [5, 5.41) is 11.7. The molecule has 1 heterocycles. The monoisotopic (exact) mass is 400 g/mol. The molecule has 3 aromatic carbocycles. The average Bonchev–Trinajstić information content (AvgIpc) is 3.21. The number of carbonyl (C=O) groups is 2. The van der Waals surface area contributed by atoms with Crippen LogP contribution >= 0.6 is 0 Å². The van der Waals surface area contributed by atoms with Crippen LogP contribution in [0.5, 0.6) is 0 Å². The molecule has 0 aliphatic heterocycles. The normalized spacial score (nSPS) is 11.7. The van der Waals surface area contributed by atoms with Crippen LogP contribution in [0.25, 0.3) is 10.9 Å². The first-order chi connectivity index (χ1) is 14.5. The molecule has 0 aliphatic carbocycles. The van der Waals surface area contributed by atoms with Crippen LogP contribution in [0.2, 0.25) is 0 Å². The van der Waals surface area contributed by atoms with E-state index in [1.807, 2.05) is 24.3 Å². The summed E-state index contributed by atoms with van der Waals surface area (Å²) in [5.41, 5.74) is 1.45. The zero-order chi connectivity index (χ0) is 21.1. The minimum Gasteiger partial charge on any atom is -0.445 e. The Morgan fingerprint density at radius 3 is 2.43 bits per heavy atom. The van der Waals surface area contributed by atoms with Crippen LogP contribution in [0.4, 0.5) is 5.69 Å². The molecule has 148 valence electrons. The molecular formula is C23H16N2O5. The van der Waals surface area contributed by atoms with Crippen LogP contribution in [0, 0.1) is 10.1 Å². The molecule has 0 saturated heterocycles. The Morgan fingerprint density at radius 1 is 0.933 bits per heavy atom. The Morgan fingerprint density at radius 2 is 1.67 bits per heavy atom. The van der Waals surface area contributed by atoms with Crippen molar-refractivity contribution in [2.45, 2.75) is 6.10 Å². The molecule has 0 amide bonds. The largest absolute Gasteiger partial charge is 0.445 e. The molecular weight excluding hydrogens is 384 g/mol. The lowest BCUT2D eigenvalue weighted by Gasteiger charge is -2.17. The van der Waals surface area contributed by atoms with Crippen molar-refractivity contribution in [3.63, 3.8) is 0 Å². The van der Waals surface area contributed by atoms with E-state index >= 15 is 0 Å². The number of para-hydroxylation sites is 1. The third-order valence-corrected chi connectivity index (χ3v) is 4.71. The van der Waals surface area contributed by atoms with E-state index < -0.39 is 22.8 Å². The van der Waals surface area contributed by atoms with E-state index in [-0.39, 0.29) is 11.3 Å². The van der Waals surface area contributed by atoms with Gasteiger partial charge in [-0.2, -0.15) is 0 Å². The Balaban J connectivity index is 1.70. The van der Waals surface area contributed by atoms with E-state index in [1.54, 1.807) is 36.5 Å². The number of non-ortho nitro benzene ring substituents is 1. The molecule has 0 radical (unpaired) electrons. The second kappa shape index (κ2) is 8.00. The molecule has 0 fully saturated rings. The van der Waals surface area contributed by atoms with E-state index in [4.69, 9.17) is 4.74 Å². The highest BCUT2D eigenvalue weighted by molar-refractivity contribution is 6.11. The molecule has 1 aromatic heterocycles. The van der Waals surface area contributed by atoms with Crippen molar-refractivity contribution in [3.05, 3.63) is 112 Å². The zero-order valence-electron chi connectivity index (χ0n) is 15.6. The number of nitrogens with zero attached hydrogens (tertiary/aromatic N) is 1. The smallest absolute Gasteiger partial charge is 0.339 e. The first-order valence-corrected chi connectivity index (χ1v) is 9.15. The highest BCUT2D eigenvalue weighted by Crippen LogP contribution is 2.28. The summed E-state index contributed by atoms with van der Waals surface area (Å²) in [7, 11) is 0. The third-order valence-electron chi connectivity index (χ3n) is 4.71. The van der Waals surface area contributed by atoms with E-state index in [0.717, 1.165) is 17.0 Å². The number of carbonyl (C=O) groups excluding carboxylic acids is 2. The minimum absolute atomic E-state index is 0.00291. The quantitative estimate of drug-likeness (QED) is 0.216. The molecule has 0 bridgehead atoms. The van der Waals surface area contributed by atoms with Crippen LogP contribution < -0.4 is 0 Å². The number of H-pyrrole nitrogens is 1. The lowest BCUT2D eigenvalue weighted by Crippen LogP contribution is -2.20. The number of benzene rings is 3. The van der Waals surface area contributed by atoms with Gasteiger partial charge in [0.15, 0.2) is 6.10 Å². The lowest BCUT2D eigenvalue weighted by atomic mass is 9.99.